The molecule has 3 heterocycles. The van der Waals surface area contributed by atoms with Gasteiger partial charge in [-0.15, -0.1) is 0 Å². The van der Waals surface area contributed by atoms with E-state index in [0.29, 0.717) is 34.8 Å². The highest BCUT2D eigenvalue weighted by atomic mass is 32.2. The average Bonchev–Trinajstić information content (AvgIpc) is 3.40. The Balaban J connectivity index is 1.57. The summed E-state index contributed by atoms with van der Waals surface area (Å²) in [5, 5.41) is 24.5. The molecule has 0 saturated heterocycles. The Bertz CT molecular complexity index is 1090. The standard InChI is InChI=1S/C21H25N7OS/c1-3-29-20-15(14-11-24-28(2)12-14)10-17-16(26-20)8-9-18(25-17)27-21(23)30-19(22)13-6-4-5-7-13/h8-13,22H,3-7H2,1-2H3,(H2,23,25,27). The van der Waals surface area contributed by atoms with Crippen molar-refractivity contribution in [1.82, 2.24) is 19.7 Å². The van der Waals surface area contributed by atoms with E-state index < -0.39 is 0 Å². The van der Waals surface area contributed by atoms with Crippen molar-refractivity contribution in [2.75, 3.05) is 11.9 Å². The van der Waals surface area contributed by atoms with Crippen LogP contribution in [0.3, 0.4) is 0 Å². The molecule has 8 nitrogen and oxygen atoms in total. The SMILES string of the molecule is CCOc1nc2ccc(NC(=N)SC(=N)C3CCCC3)nc2cc1-c1cnn(C)c1. The number of nitrogens with one attached hydrogen (secondary N) is 3. The monoisotopic (exact) mass is 423 g/mol. The van der Waals surface area contributed by atoms with Crippen LogP contribution in [0.15, 0.2) is 30.6 Å². The zero-order chi connectivity index (χ0) is 21.1. The molecule has 0 spiro atoms. The van der Waals surface area contributed by atoms with E-state index in [1.54, 1.807) is 16.9 Å². The molecule has 0 bridgehead atoms. The Morgan fingerprint density at radius 1 is 1.23 bits per heavy atom. The fourth-order valence-corrected chi connectivity index (χ4v) is 4.42. The van der Waals surface area contributed by atoms with Crippen molar-refractivity contribution >= 4 is 38.8 Å². The van der Waals surface area contributed by atoms with Crippen molar-refractivity contribution in [2.45, 2.75) is 32.6 Å². The second kappa shape index (κ2) is 8.83. The van der Waals surface area contributed by atoms with E-state index in [1.807, 2.05) is 32.3 Å². The Labute approximate surface area is 179 Å². The van der Waals surface area contributed by atoms with Crippen LogP contribution in [0.2, 0.25) is 0 Å². The van der Waals surface area contributed by atoms with E-state index in [2.05, 4.69) is 20.4 Å². The minimum absolute atomic E-state index is 0.213. The highest BCUT2D eigenvalue weighted by Gasteiger charge is 2.21. The molecule has 0 radical (unpaired) electrons. The molecular formula is C21H25N7OS. The normalized spacial score (nSPS) is 14.2. The maximum Gasteiger partial charge on any atom is 0.222 e. The second-order valence-corrected chi connectivity index (χ2v) is 8.37. The van der Waals surface area contributed by atoms with Crippen molar-refractivity contribution in [2.24, 2.45) is 13.0 Å². The van der Waals surface area contributed by atoms with Crippen molar-refractivity contribution in [3.8, 4) is 17.0 Å². The first kappa shape index (κ1) is 20.3. The molecule has 0 aromatic carbocycles. The quantitative estimate of drug-likeness (QED) is 0.406. The third-order valence-corrected chi connectivity index (χ3v) is 5.97. The Hall–Kier alpha value is -2.94. The van der Waals surface area contributed by atoms with Gasteiger partial charge < -0.3 is 10.1 Å². The van der Waals surface area contributed by atoms with Gasteiger partial charge in [-0.2, -0.15) is 5.10 Å². The lowest BCUT2D eigenvalue weighted by Crippen LogP contribution is -2.14. The van der Waals surface area contributed by atoms with Crippen molar-refractivity contribution in [3.63, 3.8) is 0 Å². The fourth-order valence-electron chi connectivity index (χ4n) is 3.64. The Kier molecular flexibility index (Phi) is 5.98. The third kappa shape index (κ3) is 4.46. The summed E-state index contributed by atoms with van der Waals surface area (Å²) in [6.45, 7) is 2.44. The number of anilines is 1. The molecule has 3 N–H and O–H groups in total. The summed E-state index contributed by atoms with van der Waals surface area (Å²) in [6, 6.07) is 5.59. The molecule has 3 aromatic heterocycles. The van der Waals surface area contributed by atoms with Gasteiger partial charge in [0.15, 0.2) is 5.17 Å². The molecule has 0 amide bonds. The van der Waals surface area contributed by atoms with E-state index in [9.17, 15) is 0 Å². The number of fused-ring (bicyclic) bond motifs is 1. The fraction of sp³-hybridized carbons (Fsp3) is 0.381. The van der Waals surface area contributed by atoms with Crippen molar-refractivity contribution < 1.29 is 4.74 Å². The maximum atomic E-state index is 8.23. The molecule has 0 unspecified atom stereocenters. The molecule has 4 rings (SSSR count). The molecule has 0 atom stereocenters. The molecule has 0 aliphatic heterocycles. The first-order valence-electron chi connectivity index (χ1n) is 10.1. The number of pyridine rings is 2. The second-order valence-electron chi connectivity index (χ2n) is 7.31. The van der Waals surface area contributed by atoms with Crippen LogP contribution in [0.4, 0.5) is 5.82 Å². The first-order valence-corrected chi connectivity index (χ1v) is 10.9. The van der Waals surface area contributed by atoms with Gasteiger partial charge in [0, 0.05) is 30.3 Å². The Morgan fingerprint density at radius 3 is 2.73 bits per heavy atom. The Morgan fingerprint density at radius 2 is 2.03 bits per heavy atom. The molecule has 9 heteroatoms. The van der Waals surface area contributed by atoms with E-state index in [1.165, 1.54) is 24.6 Å². The number of amidine groups is 1. The smallest absolute Gasteiger partial charge is 0.222 e. The summed E-state index contributed by atoms with van der Waals surface area (Å²) in [6.07, 6.45) is 8.15. The lowest BCUT2D eigenvalue weighted by atomic mass is 10.1. The maximum absolute atomic E-state index is 8.23. The van der Waals surface area contributed by atoms with Gasteiger partial charge in [-0.25, -0.2) is 9.97 Å². The van der Waals surface area contributed by atoms with Gasteiger partial charge >= 0.3 is 0 Å². The van der Waals surface area contributed by atoms with E-state index in [4.69, 9.17) is 15.6 Å². The summed E-state index contributed by atoms with van der Waals surface area (Å²) >= 11 is 1.18. The van der Waals surface area contributed by atoms with E-state index in [0.717, 1.165) is 29.5 Å². The van der Waals surface area contributed by atoms with Gasteiger partial charge in [0.05, 0.1) is 28.9 Å². The summed E-state index contributed by atoms with van der Waals surface area (Å²) in [5.41, 5.74) is 3.15. The minimum Gasteiger partial charge on any atom is -0.478 e. The summed E-state index contributed by atoms with van der Waals surface area (Å²) < 4.78 is 7.48. The molecule has 30 heavy (non-hydrogen) atoms. The van der Waals surface area contributed by atoms with Crippen molar-refractivity contribution in [3.05, 3.63) is 30.6 Å². The van der Waals surface area contributed by atoms with Gasteiger partial charge in [0.25, 0.3) is 0 Å². The summed E-state index contributed by atoms with van der Waals surface area (Å²) in [5.74, 6) is 1.40. The zero-order valence-corrected chi connectivity index (χ0v) is 17.9. The van der Waals surface area contributed by atoms with Gasteiger partial charge in [-0.3, -0.25) is 15.5 Å². The number of hydrogen-bond acceptors (Lipinski definition) is 7. The minimum atomic E-state index is 0.213. The van der Waals surface area contributed by atoms with Gasteiger partial charge in [-0.05, 0) is 49.7 Å². The summed E-state index contributed by atoms with van der Waals surface area (Å²) in [7, 11) is 1.87. The first-order chi connectivity index (χ1) is 14.5. The van der Waals surface area contributed by atoms with Crippen LogP contribution >= 0.6 is 11.8 Å². The number of aromatic nitrogens is 4. The largest absolute Gasteiger partial charge is 0.478 e. The molecule has 1 fully saturated rings. The number of hydrogen-bond donors (Lipinski definition) is 3. The number of aryl methyl sites for hydroxylation is 1. The highest BCUT2D eigenvalue weighted by Crippen LogP contribution is 2.32. The molecule has 1 aliphatic carbocycles. The van der Waals surface area contributed by atoms with E-state index >= 15 is 0 Å². The van der Waals surface area contributed by atoms with Crippen LogP contribution in [-0.2, 0) is 7.05 Å². The van der Waals surface area contributed by atoms with Crippen LogP contribution in [-0.4, -0.2) is 36.6 Å². The van der Waals surface area contributed by atoms with Gasteiger partial charge in [-0.1, -0.05) is 12.8 Å². The molecule has 156 valence electrons. The third-order valence-electron chi connectivity index (χ3n) is 5.11. The van der Waals surface area contributed by atoms with Crippen LogP contribution in [0, 0.1) is 16.7 Å². The molecule has 1 aliphatic rings. The lowest BCUT2D eigenvalue weighted by molar-refractivity contribution is 0.329. The highest BCUT2D eigenvalue weighted by molar-refractivity contribution is 8.26. The topological polar surface area (TPSA) is 113 Å². The predicted octanol–water partition coefficient (Wildman–Crippen LogP) is 4.68. The number of ether oxygens (including phenoxy) is 1. The van der Waals surface area contributed by atoms with Crippen LogP contribution < -0.4 is 10.1 Å². The number of thioether (sulfide) groups is 1. The van der Waals surface area contributed by atoms with Crippen molar-refractivity contribution in [1.29, 1.82) is 10.8 Å². The van der Waals surface area contributed by atoms with Gasteiger partial charge in [0.1, 0.15) is 5.82 Å². The predicted molar refractivity (Wildman–Crippen MR) is 122 cm³/mol. The molecule has 1 saturated carbocycles. The molecule has 3 aromatic rings. The lowest BCUT2D eigenvalue weighted by Gasteiger charge is -2.13. The van der Waals surface area contributed by atoms with Crippen LogP contribution in [0.1, 0.15) is 32.6 Å². The van der Waals surface area contributed by atoms with Crippen LogP contribution in [0.25, 0.3) is 22.2 Å². The van der Waals surface area contributed by atoms with Gasteiger partial charge in [0.2, 0.25) is 5.88 Å². The number of nitrogens with zero attached hydrogens (tertiary/aromatic N) is 4. The summed E-state index contributed by atoms with van der Waals surface area (Å²) in [4.78, 5) is 9.26. The van der Waals surface area contributed by atoms with Crippen LogP contribution in [0.5, 0.6) is 5.88 Å². The van der Waals surface area contributed by atoms with E-state index in [-0.39, 0.29) is 5.17 Å². The number of rotatable bonds is 5. The average molecular weight is 424 g/mol. The molecular weight excluding hydrogens is 398 g/mol. The zero-order valence-electron chi connectivity index (χ0n) is 17.1.